The Hall–Kier alpha value is -0.770. The van der Waals surface area contributed by atoms with Crippen LogP contribution in [0.3, 0.4) is 0 Å². The number of rotatable bonds is 2. The van der Waals surface area contributed by atoms with Gasteiger partial charge in [-0.25, -0.2) is 0 Å². The molecule has 2 aliphatic rings. The normalized spacial score (nSPS) is 26.8. The van der Waals surface area contributed by atoms with Crippen LogP contribution >= 0.6 is 23.2 Å². The highest BCUT2D eigenvalue weighted by atomic mass is 35.5. The van der Waals surface area contributed by atoms with Crippen LogP contribution in [0, 0.1) is 5.92 Å². The van der Waals surface area contributed by atoms with E-state index in [1.54, 1.807) is 0 Å². The van der Waals surface area contributed by atoms with Crippen molar-refractivity contribution in [3.8, 4) is 0 Å². The number of piperidine rings is 1. The number of hydrogen-bond acceptors (Lipinski definition) is 3. The number of halogens is 2. The van der Waals surface area contributed by atoms with E-state index in [-0.39, 0.29) is 6.04 Å². The fraction of sp³-hybridized carbons (Fsp3) is 0.500. The Morgan fingerprint density at radius 1 is 1.37 bits per heavy atom. The van der Waals surface area contributed by atoms with Crippen LogP contribution in [0.15, 0.2) is 23.3 Å². The second kappa shape index (κ2) is 5.31. The second-order valence-corrected chi connectivity index (χ2v) is 5.95. The molecule has 2 heterocycles. The number of fused-ring (bicyclic) bond motifs is 1. The zero-order valence-electron chi connectivity index (χ0n) is 10.9. The van der Waals surface area contributed by atoms with E-state index in [2.05, 4.69) is 22.4 Å². The molecule has 2 atom stereocenters. The third-order valence-corrected chi connectivity index (χ3v) is 4.81. The van der Waals surface area contributed by atoms with Crippen molar-refractivity contribution in [3.05, 3.63) is 33.8 Å². The Labute approximate surface area is 123 Å². The van der Waals surface area contributed by atoms with Gasteiger partial charge in [0.1, 0.15) is 0 Å². The lowest BCUT2D eigenvalue weighted by atomic mass is 9.86. The summed E-state index contributed by atoms with van der Waals surface area (Å²) < 4.78 is 0. The maximum atomic E-state index is 6.12. The summed E-state index contributed by atoms with van der Waals surface area (Å²) in [7, 11) is 0. The molecule has 1 aromatic carbocycles. The van der Waals surface area contributed by atoms with Crippen molar-refractivity contribution in [1.82, 2.24) is 10.3 Å². The zero-order valence-corrected chi connectivity index (χ0v) is 12.4. The molecule has 0 bridgehead atoms. The molecule has 2 aliphatic heterocycles. The van der Waals surface area contributed by atoms with E-state index in [1.165, 1.54) is 5.71 Å². The average Bonchev–Trinajstić information content (AvgIpc) is 2.84. The number of hydrogen-bond donors (Lipinski definition) is 1. The lowest BCUT2D eigenvalue weighted by Crippen LogP contribution is -2.41. The van der Waals surface area contributed by atoms with Crippen LogP contribution < -0.4 is 5.43 Å². The summed E-state index contributed by atoms with van der Waals surface area (Å²) in [6, 6.07) is 6.07. The number of hydrazone groups is 1. The van der Waals surface area contributed by atoms with Crippen LogP contribution in [0.1, 0.15) is 24.9 Å². The first-order chi connectivity index (χ1) is 9.19. The maximum absolute atomic E-state index is 6.12. The van der Waals surface area contributed by atoms with Crippen LogP contribution in [0.25, 0.3) is 0 Å². The van der Waals surface area contributed by atoms with Crippen LogP contribution in [-0.2, 0) is 0 Å². The molecule has 1 aromatic rings. The van der Waals surface area contributed by atoms with Crippen LogP contribution in [0.2, 0.25) is 10.0 Å². The molecule has 0 spiro atoms. The van der Waals surface area contributed by atoms with Crippen molar-refractivity contribution in [1.29, 1.82) is 0 Å². The predicted molar refractivity (Wildman–Crippen MR) is 80.0 cm³/mol. The molecule has 3 rings (SSSR count). The van der Waals surface area contributed by atoms with Crippen molar-refractivity contribution >= 4 is 28.9 Å². The Kier molecular flexibility index (Phi) is 3.70. The Morgan fingerprint density at radius 2 is 2.21 bits per heavy atom. The molecule has 0 aromatic heterocycles. The third kappa shape index (κ3) is 2.47. The molecule has 0 amide bonds. The monoisotopic (exact) mass is 297 g/mol. The minimum absolute atomic E-state index is 0.221. The maximum Gasteiger partial charge on any atom is 0.0783 e. The van der Waals surface area contributed by atoms with Gasteiger partial charge in [-0.1, -0.05) is 36.2 Å². The summed E-state index contributed by atoms with van der Waals surface area (Å²) in [5.74, 6) is 0.450. The smallest absolute Gasteiger partial charge is 0.0783 e. The van der Waals surface area contributed by atoms with Crippen LogP contribution in [-0.4, -0.2) is 30.2 Å². The quantitative estimate of drug-likeness (QED) is 0.907. The van der Waals surface area contributed by atoms with Gasteiger partial charge in [-0.3, -0.25) is 0 Å². The molecule has 0 aliphatic carbocycles. The fourth-order valence-corrected chi connectivity index (χ4v) is 3.22. The largest absolute Gasteiger partial charge is 0.302 e. The van der Waals surface area contributed by atoms with Crippen molar-refractivity contribution < 1.29 is 0 Å². The minimum Gasteiger partial charge on any atom is -0.302 e. The molecule has 0 radical (unpaired) electrons. The van der Waals surface area contributed by atoms with E-state index >= 15 is 0 Å². The fourth-order valence-electron chi connectivity index (χ4n) is 2.91. The van der Waals surface area contributed by atoms with Gasteiger partial charge in [-0.15, -0.1) is 0 Å². The lowest BCUT2D eigenvalue weighted by molar-refractivity contribution is 0.238. The van der Waals surface area contributed by atoms with Crippen LogP contribution in [0.5, 0.6) is 0 Å². The summed E-state index contributed by atoms with van der Waals surface area (Å²) in [5.41, 5.74) is 5.72. The molecule has 0 saturated carbocycles. The minimum atomic E-state index is 0.221. The van der Waals surface area contributed by atoms with Crippen LogP contribution in [0.4, 0.5) is 0 Å². The van der Waals surface area contributed by atoms with Gasteiger partial charge in [0.05, 0.1) is 16.1 Å². The highest BCUT2D eigenvalue weighted by Crippen LogP contribution is 2.34. The van der Waals surface area contributed by atoms with Gasteiger partial charge in [-0.05, 0) is 24.2 Å². The van der Waals surface area contributed by atoms with Crippen molar-refractivity contribution in [2.24, 2.45) is 11.0 Å². The summed E-state index contributed by atoms with van der Waals surface area (Å²) in [6.07, 6.45) is 1.06. The van der Waals surface area contributed by atoms with E-state index in [0.29, 0.717) is 16.0 Å². The summed E-state index contributed by atoms with van der Waals surface area (Å²) in [4.78, 5) is 2.47. The average molecular weight is 298 g/mol. The van der Waals surface area contributed by atoms with Gasteiger partial charge in [-0.2, -0.15) is 5.10 Å². The Morgan fingerprint density at radius 3 is 2.95 bits per heavy atom. The highest BCUT2D eigenvalue weighted by molar-refractivity contribution is 6.42. The first-order valence-corrected chi connectivity index (χ1v) is 7.44. The lowest BCUT2D eigenvalue weighted by Gasteiger charge is -2.32. The van der Waals surface area contributed by atoms with Gasteiger partial charge >= 0.3 is 0 Å². The highest BCUT2D eigenvalue weighted by Gasteiger charge is 2.36. The molecular weight excluding hydrogens is 281 g/mol. The number of nitrogens with one attached hydrogen (secondary N) is 1. The van der Waals surface area contributed by atoms with E-state index in [0.717, 1.165) is 31.6 Å². The van der Waals surface area contributed by atoms with Crippen molar-refractivity contribution in [3.63, 3.8) is 0 Å². The summed E-state index contributed by atoms with van der Waals surface area (Å²) in [5, 5.41) is 5.71. The van der Waals surface area contributed by atoms with Gasteiger partial charge < -0.3 is 10.3 Å². The Bertz CT molecular complexity index is 515. The van der Waals surface area contributed by atoms with Gasteiger partial charge in [0, 0.05) is 31.1 Å². The molecule has 2 unspecified atom stereocenters. The van der Waals surface area contributed by atoms with Crippen molar-refractivity contribution in [2.75, 3.05) is 19.6 Å². The van der Waals surface area contributed by atoms with E-state index in [4.69, 9.17) is 23.2 Å². The number of nitrogens with zero attached hydrogens (tertiary/aromatic N) is 2. The summed E-state index contributed by atoms with van der Waals surface area (Å²) >= 11 is 12.1. The molecule has 5 heteroatoms. The molecule has 19 heavy (non-hydrogen) atoms. The molecule has 1 N–H and O–H groups in total. The first-order valence-electron chi connectivity index (χ1n) is 6.68. The van der Waals surface area contributed by atoms with Crippen molar-refractivity contribution in [2.45, 2.75) is 19.4 Å². The second-order valence-electron chi connectivity index (χ2n) is 5.13. The molecular formula is C14H17Cl2N3. The van der Waals surface area contributed by atoms with E-state index in [1.807, 2.05) is 18.2 Å². The van der Waals surface area contributed by atoms with E-state index < -0.39 is 0 Å². The third-order valence-electron chi connectivity index (χ3n) is 4.07. The van der Waals surface area contributed by atoms with E-state index in [9.17, 15) is 0 Å². The van der Waals surface area contributed by atoms with Gasteiger partial charge in [0.25, 0.3) is 0 Å². The van der Waals surface area contributed by atoms with Gasteiger partial charge in [0.15, 0.2) is 0 Å². The summed E-state index contributed by atoms with van der Waals surface area (Å²) in [6.45, 7) is 5.48. The SMILES string of the molecule is CCN1CCC2=NNC(c3ccc(Cl)c(Cl)c3)C2C1. The first kappa shape index (κ1) is 13.2. The molecule has 3 nitrogen and oxygen atoms in total. The zero-order chi connectivity index (χ0) is 13.4. The predicted octanol–water partition coefficient (Wildman–Crippen LogP) is 3.34. The number of likely N-dealkylation sites (tertiary alicyclic amines) is 1. The Balaban J connectivity index is 1.84. The number of benzene rings is 1. The molecule has 102 valence electrons. The molecule has 1 saturated heterocycles. The topological polar surface area (TPSA) is 27.6 Å². The van der Waals surface area contributed by atoms with Gasteiger partial charge in [0.2, 0.25) is 0 Å². The molecule has 1 fully saturated rings. The standard InChI is InChI=1S/C14H17Cl2N3/c1-2-19-6-5-13-10(8-19)14(18-17-13)9-3-4-11(15)12(16)7-9/h3-4,7,10,14,18H,2,5-6,8H2,1H3.